The van der Waals surface area contributed by atoms with Crippen molar-refractivity contribution in [1.82, 2.24) is 5.32 Å². The van der Waals surface area contributed by atoms with Crippen LogP contribution < -0.4 is 11.1 Å². The molecule has 0 aromatic rings. The van der Waals surface area contributed by atoms with Crippen molar-refractivity contribution in [2.75, 3.05) is 13.1 Å². The highest BCUT2D eigenvalue weighted by Crippen LogP contribution is 2.40. The van der Waals surface area contributed by atoms with Gasteiger partial charge in [-0.3, -0.25) is 0 Å². The standard InChI is InChI=1S/C12H24N2/c1-4-8-14-12(10-13)7-5-6-11(2,3)9-12/h4,14H,1,5-10,13H2,2-3H3. The Hall–Kier alpha value is -0.340. The summed E-state index contributed by atoms with van der Waals surface area (Å²) in [5.41, 5.74) is 6.50. The van der Waals surface area contributed by atoms with E-state index in [0.29, 0.717) is 5.41 Å². The molecule has 82 valence electrons. The third kappa shape index (κ3) is 2.82. The Balaban J connectivity index is 2.62. The Bertz CT molecular complexity index is 198. The Morgan fingerprint density at radius 2 is 2.14 bits per heavy atom. The molecule has 1 unspecified atom stereocenters. The van der Waals surface area contributed by atoms with Crippen LogP contribution in [-0.4, -0.2) is 18.6 Å². The second kappa shape index (κ2) is 4.45. The molecule has 1 atom stereocenters. The van der Waals surface area contributed by atoms with Gasteiger partial charge in [0.15, 0.2) is 0 Å². The summed E-state index contributed by atoms with van der Waals surface area (Å²) in [7, 11) is 0. The molecule has 1 fully saturated rings. The van der Waals surface area contributed by atoms with Gasteiger partial charge < -0.3 is 11.1 Å². The molecule has 0 amide bonds. The summed E-state index contributed by atoms with van der Waals surface area (Å²) >= 11 is 0. The van der Waals surface area contributed by atoms with Crippen molar-refractivity contribution in [3.8, 4) is 0 Å². The van der Waals surface area contributed by atoms with Crippen LogP contribution in [0.5, 0.6) is 0 Å². The number of nitrogens with one attached hydrogen (secondary N) is 1. The Labute approximate surface area is 87.9 Å². The van der Waals surface area contributed by atoms with Gasteiger partial charge in [0.05, 0.1) is 0 Å². The van der Waals surface area contributed by atoms with E-state index in [4.69, 9.17) is 5.73 Å². The number of rotatable bonds is 4. The summed E-state index contributed by atoms with van der Waals surface area (Å²) in [5, 5.41) is 3.55. The zero-order valence-electron chi connectivity index (χ0n) is 9.60. The van der Waals surface area contributed by atoms with E-state index in [1.165, 1.54) is 25.7 Å². The van der Waals surface area contributed by atoms with Gasteiger partial charge in [-0.2, -0.15) is 0 Å². The van der Waals surface area contributed by atoms with Gasteiger partial charge in [-0.25, -0.2) is 0 Å². The fourth-order valence-electron chi connectivity index (χ4n) is 2.68. The molecule has 14 heavy (non-hydrogen) atoms. The van der Waals surface area contributed by atoms with Gasteiger partial charge in [0, 0.05) is 18.6 Å². The summed E-state index contributed by atoms with van der Waals surface area (Å²) in [6.45, 7) is 10.0. The molecule has 0 radical (unpaired) electrons. The average molecular weight is 196 g/mol. The maximum absolute atomic E-state index is 5.90. The van der Waals surface area contributed by atoms with Gasteiger partial charge >= 0.3 is 0 Å². The van der Waals surface area contributed by atoms with Gasteiger partial charge in [0.25, 0.3) is 0 Å². The lowest BCUT2D eigenvalue weighted by Crippen LogP contribution is -2.55. The van der Waals surface area contributed by atoms with Crippen LogP contribution in [0.4, 0.5) is 0 Å². The molecule has 1 rings (SSSR count). The quantitative estimate of drug-likeness (QED) is 0.675. The molecule has 0 aromatic carbocycles. The average Bonchev–Trinajstić information content (AvgIpc) is 2.13. The lowest BCUT2D eigenvalue weighted by Gasteiger charge is -2.45. The molecule has 3 N–H and O–H groups in total. The Morgan fingerprint density at radius 1 is 1.43 bits per heavy atom. The van der Waals surface area contributed by atoms with Crippen molar-refractivity contribution in [3.63, 3.8) is 0 Å². The van der Waals surface area contributed by atoms with Crippen LogP contribution in [0.25, 0.3) is 0 Å². The largest absolute Gasteiger partial charge is 0.329 e. The smallest absolute Gasteiger partial charge is 0.0311 e. The van der Waals surface area contributed by atoms with Gasteiger partial charge in [0.2, 0.25) is 0 Å². The molecule has 0 aliphatic heterocycles. The minimum absolute atomic E-state index is 0.163. The third-order valence-electron chi connectivity index (χ3n) is 3.34. The first-order valence-electron chi connectivity index (χ1n) is 5.60. The zero-order chi connectivity index (χ0) is 10.7. The molecule has 0 spiro atoms. The van der Waals surface area contributed by atoms with E-state index in [1.807, 2.05) is 6.08 Å². The number of hydrogen-bond acceptors (Lipinski definition) is 2. The van der Waals surface area contributed by atoms with Crippen LogP contribution in [0.15, 0.2) is 12.7 Å². The van der Waals surface area contributed by atoms with Crippen LogP contribution in [0.3, 0.4) is 0 Å². The van der Waals surface area contributed by atoms with Crippen LogP contribution in [0.1, 0.15) is 39.5 Å². The van der Waals surface area contributed by atoms with E-state index in [-0.39, 0.29) is 5.54 Å². The molecular weight excluding hydrogens is 172 g/mol. The molecule has 0 heterocycles. The number of nitrogens with two attached hydrogens (primary N) is 1. The molecule has 1 aliphatic rings. The van der Waals surface area contributed by atoms with E-state index in [1.54, 1.807) is 0 Å². The summed E-state index contributed by atoms with van der Waals surface area (Å²) in [6, 6.07) is 0. The Morgan fingerprint density at radius 3 is 2.64 bits per heavy atom. The van der Waals surface area contributed by atoms with Crippen LogP contribution >= 0.6 is 0 Å². The third-order valence-corrected chi connectivity index (χ3v) is 3.34. The van der Waals surface area contributed by atoms with E-state index in [2.05, 4.69) is 25.7 Å². The zero-order valence-corrected chi connectivity index (χ0v) is 9.60. The lowest BCUT2D eigenvalue weighted by atomic mass is 9.68. The van der Waals surface area contributed by atoms with E-state index in [0.717, 1.165) is 13.1 Å². The lowest BCUT2D eigenvalue weighted by molar-refractivity contribution is 0.128. The van der Waals surface area contributed by atoms with Gasteiger partial charge in [-0.05, 0) is 24.7 Å². The van der Waals surface area contributed by atoms with Crippen molar-refractivity contribution in [1.29, 1.82) is 0 Å². The highest BCUT2D eigenvalue weighted by molar-refractivity contribution is 4.98. The van der Waals surface area contributed by atoms with E-state index >= 15 is 0 Å². The van der Waals surface area contributed by atoms with Crippen molar-refractivity contribution in [3.05, 3.63) is 12.7 Å². The molecule has 0 saturated heterocycles. The molecule has 0 bridgehead atoms. The summed E-state index contributed by atoms with van der Waals surface area (Å²) in [5.74, 6) is 0. The van der Waals surface area contributed by atoms with Gasteiger partial charge in [-0.1, -0.05) is 26.3 Å². The van der Waals surface area contributed by atoms with E-state index < -0.39 is 0 Å². The first kappa shape index (κ1) is 11.7. The first-order valence-corrected chi connectivity index (χ1v) is 5.60. The minimum atomic E-state index is 0.163. The van der Waals surface area contributed by atoms with E-state index in [9.17, 15) is 0 Å². The molecule has 2 nitrogen and oxygen atoms in total. The molecule has 1 aliphatic carbocycles. The monoisotopic (exact) mass is 196 g/mol. The fraction of sp³-hybridized carbons (Fsp3) is 0.833. The topological polar surface area (TPSA) is 38.0 Å². The second-order valence-electron chi connectivity index (χ2n) is 5.35. The maximum Gasteiger partial charge on any atom is 0.0311 e. The molecular formula is C12H24N2. The van der Waals surface area contributed by atoms with Crippen molar-refractivity contribution in [2.45, 2.75) is 45.1 Å². The fourth-order valence-corrected chi connectivity index (χ4v) is 2.68. The maximum atomic E-state index is 5.90. The van der Waals surface area contributed by atoms with Gasteiger partial charge in [0.1, 0.15) is 0 Å². The van der Waals surface area contributed by atoms with Crippen molar-refractivity contribution < 1.29 is 0 Å². The first-order chi connectivity index (χ1) is 6.54. The van der Waals surface area contributed by atoms with Crippen molar-refractivity contribution in [2.24, 2.45) is 11.1 Å². The highest BCUT2D eigenvalue weighted by Gasteiger charge is 2.38. The predicted molar refractivity (Wildman–Crippen MR) is 62.2 cm³/mol. The van der Waals surface area contributed by atoms with Crippen LogP contribution in [0.2, 0.25) is 0 Å². The molecule has 2 heteroatoms. The van der Waals surface area contributed by atoms with Crippen LogP contribution in [-0.2, 0) is 0 Å². The summed E-state index contributed by atoms with van der Waals surface area (Å²) < 4.78 is 0. The molecule has 0 aromatic heterocycles. The summed E-state index contributed by atoms with van der Waals surface area (Å²) in [4.78, 5) is 0. The molecule has 1 saturated carbocycles. The normalized spacial score (nSPS) is 31.4. The highest BCUT2D eigenvalue weighted by atomic mass is 15.0. The van der Waals surface area contributed by atoms with Gasteiger partial charge in [-0.15, -0.1) is 6.58 Å². The van der Waals surface area contributed by atoms with Crippen molar-refractivity contribution >= 4 is 0 Å². The Kier molecular flexibility index (Phi) is 3.73. The SMILES string of the molecule is C=CCNC1(CN)CCCC(C)(C)C1. The summed E-state index contributed by atoms with van der Waals surface area (Å²) in [6.07, 6.45) is 6.92. The second-order valence-corrected chi connectivity index (χ2v) is 5.35. The van der Waals surface area contributed by atoms with Crippen LogP contribution in [0, 0.1) is 5.41 Å². The predicted octanol–water partition coefficient (Wildman–Crippen LogP) is 2.06. The minimum Gasteiger partial charge on any atom is -0.329 e. The number of hydrogen-bond donors (Lipinski definition) is 2.